The van der Waals surface area contributed by atoms with E-state index in [1.54, 1.807) is 0 Å². The average molecular weight is 462 g/mol. The highest BCUT2D eigenvalue weighted by Crippen LogP contribution is 2.22. The summed E-state index contributed by atoms with van der Waals surface area (Å²) in [5.74, 6) is -1.68. The molecule has 2 aromatic carbocycles. The number of hydrogen-bond donors (Lipinski definition) is 3. The number of amides is 1. The fourth-order valence-electron chi connectivity index (χ4n) is 2.10. The van der Waals surface area contributed by atoms with E-state index < -0.39 is 42.9 Å². The predicted octanol–water partition coefficient (Wildman–Crippen LogP) is 0.819. The van der Waals surface area contributed by atoms with E-state index in [1.807, 2.05) is 0 Å². The largest absolute Gasteiger partial charge is 0.449 e. The number of esters is 1. The molecule has 1 atom stereocenters. The number of benzene rings is 2. The number of sulfonamides is 2. The molecule has 0 aliphatic rings. The lowest BCUT2D eigenvalue weighted by Crippen LogP contribution is -2.30. The molecule has 5 N–H and O–H groups in total. The monoisotopic (exact) mass is 461 g/mol. The van der Waals surface area contributed by atoms with Crippen molar-refractivity contribution in [2.24, 2.45) is 10.3 Å². The van der Waals surface area contributed by atoms with Gasteiger partial charge in [0.1, 0.15) is 4.90 Å². The summed E-state index contributed by atoms with van der Waals surface area (Å²) in [4.78, 5) is 23.8. The van der Waals surface area contributed by atoms with Gasteiger partial charge >= 0.3 is 5.97 Å². The molecule has 0 aliphatic carbocycles. The molecule has 10 nitrogen and oxygen atoms in total. The molecular formula is C16H16ClN3O7S2. The highest BCUT2D eigenvalue weighted by Gasteiger charge is 2.22. The summed E-state index contributed by atoms with van der Waals surface area (Å²) < 4.78 is 50.4. The van der Waals surface area contributed by atoms with E-state index in [1.165, 1.54) is 37.3 Å². The van der Waals surface area contributed by atoms with Gasteiger partial charge in [0.2, 0.25) is 20.0 Å². The summed E-state index contributed by atoms with van der Waals surface area (Å²) in [6.07, 6.45) is -1.26. The predicted molar refractivity (Wildman–Crippen MR) is 104 cm³/mol. The van der Waals surface area contributed by atoms with E-state index in [0.29, 0.717) is 0 Å². The first-order valence-electron chi connectivity index (χ1n) is 7.76. The summed E-state index contributed by atoms with van der Waals surface area (Å²) in [7, 11) is -8.03. The van der Waals surface area contributed by atoms with Gasteiger partial charge in [-0.3, -0.25) is 4.79 Å². The van der Waals surface area contributed by atoms with Crippen LogP contribution in [0.4, 0.5) is 5.69 Å². The van der Waals surface area contributed by atoms with Crippen LogP contribution >= 0.6 is 11.6 Å². The molecule has 0 heterocycles. The molecule has 0 aromatic heterocycles. The Bertz CT molecular complexity index is 1160. The van der Waals surface area contributed by atoms with Crippen LogP contribution in [-0.4, -0.2) is 34.8 Å². The number of primary sulfonamides is 2. The third-order valence-electron chi connectivity index (χ3n) is 3.58. The van der Waals surface area contributed by atoms with E-state index in [2.05, 4.69) is 5.32 Å². The number of hydrogen-bond acceptors (Lipinski definition) is 7. The number of halogens is 1. The molecule has 0 saturated carbocycles. The minimum Gasteiger partial charge on any atom is -0.449 e. The second kappa shape index (κ2) is 8.47. The zero-order valence-corrected chi connectivity index (χ0v) is 17.2. The van der Waals surface area contributed by atoms with Gasteiger partial charge in [0, 0.05) is 5.69 Å². The smallest absolute Gasteiger partial charge is 0.338 e. The Hall–Kier alpha value is -2.51. The molecule has 0 aliphatic heterocycles. The molecule has 0 saturated heterocycles. The third-order valence-corrected chi connectivity index (χ3v) is 5.90. The second-order valence-electron chi connectivity index (χ2n) is 5.80. The Balaban J connectivity index is 2.09. The van der Waals surface area contributed by atoms with Crippen molar-refractivity contribution in [3.8, 4) is 0 Å². The molecule has 29 heavy (non-hydrogen) atoms. The molecule has 156 valence electrons. The molecular weight excluding hydrogens is 446 g/mol. The number of anilines is 1. The average Bonchev–Trinajstić information content (AvgIpc) is 2.60. The maximum atomic E-state index is 12.2. The van der Waals surface area contributed by atoms with Crippen molar-refractivity contribution in [1.29, 1.82) is 0 Å². The van der Waals surface area contributed by atoms with E-state index >= 15 is 0 Å². The molecule has 0 spiro atoms. The van der Waals surface area contributed by atoms with Crippen molar-refractivity contribution in [2.75, 3.05) is 5.32 Å². The Kier molecular flexibility index (Phi) is 6.65. The Labute approximate surface area is 171 Å². The molecule has 1 unspecified atom stereocenters. The van der Waals surface area contributed by atoms with E-state index in [0.717, 1.165) is 12.1 Å². The Morgan fingerprint density at radius 3 is 2.10 bits per heavy atom. The van der Waals surface area contributed by atoms with Crippen LogP contribution in [0.15, 0.2) is 52.3 Å². The summed E-state index contributed by atoms with van der Waals surface area (Å²) in [5, 5.41) is 12.3. The third kappa shape index (κ3) is 5.98. The molecule has 0 fully saturated rings. The van der Waals surface area contributed by atoms with Crippen LogP contribution in [0, 0.1) is 0 Å². The number of nitrogens with one attached hydrogen (secondary N) is 1. The van der Waals surface area contributed by atoms with Crippen molar-refractivity contribution in [3.63, 3.8) is 0 Å². The van der Waals surface area contributed by atoms with E-state index in [9.17, 15) is 26.4 Å². The van der Waals surface area contributed by atoms with Crippen molar-refractivity contribution in [1.82, 2.24) is 0 Å². The van der Waals surface area contributed by atoms with Gasteiger partial charge in [-0.2, -0.15) is 0 Å². The lowest BCUT2D eigenvalue weighted by molar-refractivity contribution is -0.123. The van der Waals surface area contributed by atoms with Crippen LogP contribution in [0.3, 0.4) is 0 Å². The zero-order valence-electron chi connectivity index (χ0n) is 14.8. The normalized spacial score (nSPS) is 12.8. The van der Waals surface area contributed by atoms with Crippen LogP contribution in [0.5, 0.6) is 0 Å². The van der Waals surface area contributed by atoms with Crippen LogP contribution in [0.2, 0.25) is 5.02 Å². The fraction of sp³-hybridized carbons (Fsp3) is 0.125. The molecule has 1 amide bonds. The topological polar surface area (TPSA) is 176 Å². The summed E-state index contributed by atoms with van der Waals surface area (Å²) in [6.45, 7) is 1.29. The SMILES string of the molecule is CC(OC(=O)c1ccc(Cl)c(S(N)(=O)=O)c1)C(=O)Nc1ccc(S(N)(=O)=O)cc1. The van der Waals surface area contributed by atoms with Gasteiger partial charge in [-0.1, -0.05) is 11.6 Å². The zero-order chi connectivity index (χ0) is 22.0. The van der Waals surface area contributed by atoms with E-state index in [-0.39, 0.29) is 21.2 Å². The highest BCUT2D eigenvalue weighted by atomic mass is 35.5. The molecule has 2 aromatic rings. The Morgan fingerprint density at radius 2 is 1.59 bits per heavy atom. The molecule has 13 heteroatoms. The number of carbonyl (C=O) groups excluding carboxylic acids is 2. The summed E-state index contributed by atoms with van der Waals surface area (Å²) in [6, 6.07) is 8.34. The van der Waals surface area contributed by atoms with Gasteiger partial charge in [0.25, 0.3) is 5.91 Å². The maximum absolute atomic E-state index is 12.2. The first-order chi connectivity index (χ1) is 13.3. The van der Waals surface area contributed by atoms with Crippen LogP contribution in [0.25, 0.3) is 0 Å². The number of carbonyl (C=O) groups is 2. The van der Waals surface area contributed by atoms with Crippen LogP contribution in [0.1, 0.15) is 17.3 Å². The van der Waals surface area contributed by atoms with Crippen molar-refractivity contribution < 1.29 is 31.2 Å². The molecule has 0 bridgehead atoms. The van der Waals surface area contributed by atoms with Crippen LogP contribution in [-0.2, 0) is 29.6 Å². The minimum absolute atomic E-state index is 0.136. The van der Waals surface area contributed by atoms with Crippen molar-refractivity contribution >= 4 is 49.2 Å². The Morgan fingerprint density at radius 1 is 1.00 bits per heavy atom. The lowest BCUT2D eigenvalue weighted by atomic mass is 10.2. The van der Waals surface area contributed by atoms with Gasteiger partial charge in [0.15, 0.2) is 6.10 Å². The molecule has 0 radical (unpaired) electrons. The molecule has 2 rings (SSSR count). The van der Waals surface area contributed by atoms with Gasteiger partial charge in [0.05, 0.1) is 15.5 Å². The van der Waals surface area contributed by atoms with Gasteiger partial charge in [-0.25, -0.2) is 31.9 Å². The quantitative estimate of drug-likeness (QED) is 0.533. The summed E-state index contributed by atoms with van der Waals surface area (Å²) in [5.41, 5.74) is 0.0730. The first-order valence-corrected chi connectivity index (χ1v) is 11.2. The van der Waals surface area contributed by atoms with Gasteiger partial charge in [-0.15, -0.1) is 0 Å². The standard InChI is InChI=1S/C16H16ClN3O7S2/c1-9(15(21)20-11-3-5-12(6-4-11)28(18,23)24)27-16(22)10-2-7-13(17)14(8-10)29(19,25)26/h2-9H,1H3,(H,20,21)(H2,18,23,24)(H2,19,25,26). The maximum Gasteiger partial charge on any atom is 0.338 e. The number of ether oxygens (including phenoxy) is 1. The van der Waals surface area contributed by atoms with Crippen LogP contribution < -0.4 is 15.6 Å². The lowest BCUT2D eigenvalue weighted by Gasteiger charge is -2.14. The van der Waals surface area contributed by atoms with Gasteiger partial charge in [-0.05, 0) is 49.4 Å². The first kappa shape index (κ1) is 22.8. The highest BCUT2D eigenvalue weighted by molar-refractivity contribution is 7.89. The van der Waals surface area contributed by atoms with Gasteiger partial charge < -0.3 is 10.1 Å². The number of rotatable bonds is 6. The second-order valence-corrected chi connectivity index (χ2v) is 9.29. The fourth-order valence-corrected chi connectivity index (χ4v) is 3.69. The number of nitrogens with two attached hydrogens (primary N) is 2. The van der Waals surface area contributed by atoms with E-state index in [4.69, 9.17) is 26.6 Å². The van der Waals surface area contributed by atoms with Crippen molar-refractivity contribution in [2.45, 2.75) is 22.8 Å². The van der Waals surface area contributed by atoms with Crippen molar-refractivity contribution in [3.05, 3.63) is 53.1 Å². The summed E-state index contributed by atoms with van der Waals surface area (Å²) >= 11 is 5.75. The minimum atomic E-state index is -4.16.